The number of ether oxygens (including phenoxy) is 1. The van der Waals surface area contributed by atoms with Crippen molar-refractivity contribution in [2.24, 2.45) is 7.05 Å². The van der Waals surface area contributed by atoms with Crippen LogP contribution in [0.3, 0.4) is 0 Å². The van der Waals surface area contributed by atoms with Gasteiger partial charge in [-0.15, -0.1) is 0 Å². The van der Waals surface area contributed by atoms with Gasteiger partial charge in [0.2, 0.25) is 15.9 Å². The van der Waals surface area contributed by atoms with Crippen molar-refractivity contribution in [1.82, 2.24) is 29.0 Å². The third-order valence-electron chi connectivity index (χ3n) is 6.79. The van der Waals surface area contributed by atoms with Crippen LogP contribution in [0.1, 0.15) is 5.69 Å². The van der Waals surface area contributed by atoms with Crippen LogP contribution in [0.15, 0.2) is 47.6 Å². The fourth-order valence-electron chi connectivity index (χ4n) is 4.64. The number of pyridine rings is 2. The van der Waals surface area contributed by atoms with E-state index in [2.05, 4.69) is 24.7 Å². The standard InChI is InChI=1S/C25H27F2N7O5S2/c1-32-22(15-33-6-8-34(9-7-33)40(3,35)36)19-10-16(13-28-24(19)30-32)17-11-21(25(39-2)29-14-17)31-41(37,38)23-5-4-18(26)12-20(23)27/h4-5,10-14,31H,6-9,15H2,1-3H3. The SMILES string of the molecule is COc1ncc(-c2cnc3nn(C)c(CN4CCN(S(C)(=O)=O)CC4)c3c2)cc1NS(=O)(=O)c1ccc(F)cc1F. The second-order valence-electron chi connectivity index (χ2n) is 9.56. The predicted octanol–water partition coefficient (Wildman–Crippen LogP) is 2.20. The molecule has 41 heavy (non-hydrogen) atoms. The zero-order valence-electron chi connectivity index (χ0n) is 22.4. The van der Waals surface area contributed by atoms with Crippen LogP contribution in [0.25, 0.3) is 22.2 Å². The second kappa shape index (κ2) is 10.9. The summed E-state index contributed by atoms with van der Waals surface area (Å²) in [4.78, 5) is 10.1. The molecule has 0 unspecified atom stereocenters. The van der Waals surface area contributed by atoms with E-state index in [0.29, 0.717) is 55.6 Å². The van der Waals surface area contributed by atoms with E-state index in [1.54, 1.807) is 17.9 Å². The van der Waals surface area contributed by atoms with E-state index < -0.39 is 36.6 Å². The number of aryl methyl sites for hydroxylation is 1. The lowest BCUT2D eigenvalue weighted by atomic mass is 10.1. The van der Waals surface area contributed by atoms with E-state index in [4.69, 9.17) is 4.74 Å². The summed E-state index contributed by atoms with van der Waals surface area (Å²) in [5.74, 6) is -2.20. The number of sulfonamides is 2. The molecule has 0 amide bonds. The Bertz CT molecular complexity index is 1840. The highest BCUT2D eigenvalue weighted by molar-refractivity contribution is 7.92. The number of rotatable bonds is 8. The van der Waals surface area contributed by atoms with E-state index in [0.717, 1.165) is 23.2 Å². The van der Waals surface area contributed by atoms with Crippen LogP contribution in [0.2, 0.25) is 0 Å². The predicted molar refractivity (Wildman–Crippen MR) is 147 cm³/mol. The van der Waals surface area contributed by atoms with E-state index in [-0.39, 0.29) is 11.6 Å². The average molecular weight is 608 g/mol. The molecule has 3 aromatic heterocycles. The number of fused-ring (bicyclic) bond motifs is 1. The van der Waals surface area contributed by atoms with Gasteiger partial charge in [0.15, 0.2) is 5.65 Å². The van der Waals surface area contributed by atoms with Crippen molar-refractivity contribution in [2.75, 3.05) is 44.3 Å². The summed E-state index contributed by atoms with van der Waals surface area (Å²) in [6.45, 7) is 2.44. The van der Waals surface area contributed by atoms with Gasteiger partial charge in [-0.05, 0) is 24.3 Å². The van der Waals surface area contributed by atoms with Gasteiger partial charge >= 0.3 is 0 Å². The Hall–Kier alpha value is -3.73. The quantitative estimate of drug-likeness (QED) is 0.319. The third-order valence-corrected chi connectivity index (χ3v) is 9.49. The molecule has 1 aromatic carbocycles. The summed E-state index contributed by atoms with van der Waals surface area (Å²) in [5.41, 5.74) is 2.43. The zero-order valence-corrected chi connectivity index (χ0v) is 24.0. The van der Waals surface area contributed by atoms with Crippen molar-refractivity contribution in [2.45, 2.75) is 11.4 Å². The molecule has 0 radical (unpaired) electrons. The first kappa shape index (κ1) is 28.8. The Balaban J connectivity index is 1.45. The van der Waals surface area contributed by atoms with Gasteiger partial charge in [-0.25, -0.2) is 35.6 Å². The van der Waals surface area contributed by atoms with Crippen molar-refractivity contribution < 1.29 is 30.4 Å². The average Bonchev–Trinajstić information content (AvgIpc) is 3.22. The van der Waals surface area contributed by atoms with Gasteiger partial charge in [0.05, 0.1) is 19.1 Å². The monoisotopic (exact) mass is 607 g/mol. The third kappa shape index (κ3) is 6.00. The van der Waals surface area contributed by atoms with Crippen LogP contribution in [0, 0.1) is 11.6 Å². The van der Waals surface area contributed by atoms with Gasteiger partial charge in [-0.1, -0.05) is 0 Å². The zero-order chi connectivity index (χ0) is 29.5. The van der Waals surface area contributed by atoms with Crippen LogP contribution >= 0.6 is 0 Å². The summed E-state index contributed by atoms with van der Waals surface area (Å²) in [6, 6.07) is 5.51. The van der Waals surface area contributed by atoms with Crippen LogP contribution in [0.5, 0.6) is 5.88 Å². The summed E-state index contributed by atoms with van der Waals surface area (Å²) >= 11 is 0. The summed E-state index contributed by atoms with van der Waals surface area (Å²) in [7, 11) is -4.58. The molecule has 0 spiro atoms. The molecule has 0 bridgehead atoms. The maximum absolute atomic E-state index is 14.2. The minimum Gasteiger partial charge on any atom is -0.480 e. The Labute approximate surface area is 235 Å². The van der Waals surface area contributed by atoms with Crippen molar-refractivity contribution in [1.29, 1.82) is 0 Å². The Morgan fingerprint density at radius 3 is 2.32 bits per heavy atom. The first-order chi connectivity index (χ1) is 19.4. The van der Waals surface area contributed by atoms with Crippen molar-refractivity contribution >= 4 is 36.8 Å². The molecule has 1 saturated heterocycles. The minimum absolute atomic E-state index is 0.0517. The number of nitrogens with one attached hydrogen (secondary N) is 1. The van der Waals surface area contributed by atoms with Gasteiger partial charge in [0, 0.05) is 74.7 Å². The van der Waals surface area contributed by atoms with Gasteiger partial charge < -0.3 is 4.74 Å². The highest BCUT2D eigenvalue weighted by Gasteiger charge is 2.25. The Morgan fingerprint density at radius 2 is 1.66 bits per heavy atom. The molecular formula is C25H27F2N7O5S2. The first-order valence-corrected chi connectivity index (χ1v) is 15.7. The second-order valence-corrected chi connectivity index (χ2v) is 13.2. The van der Waals surface area contributed by atoms with Gasteiger partial charge in [0.25, 0.3) is 10.0 Å². The van der Waals surface area contributed by atoms with Crippen LogP contribution in [-0.4, -0.2) is 85.3 Å². The van der Waals surface area contributed by atoms with Crippen molar-refractivity contribution in [3.63, 3.8) is 0 Å². The Morgan fingerprint density at radius 1 is 0.976 bits per heavy atom. The van der Waals surface area contributed by atoms with Crippen LogP contribution in [0.4, 0.5) is 14.5 Å². The topological polar surface area (TPSA) is 140 Å². The highest BCUT2D eigenvalue weighted by atomic mass is 32.2. The van der Waals surface area contributed by atoms with Crippen molar-refractivity contribution in [3.05, 3.63) is 60.1 Å². The number of benzene rings is 1. The lowest BCUT2D eigenvalue weighted by molar-refractivity contribution is 0.179. The fourth-order valence-corrected chi connectivity index (χ4v) is 6.58. The number of halogens is 2. The number of methoxy groups -OCH3 is 1. The molecule has 218 valence electrons. The van der Waals surface area contributed by atoms with Crippen molar-refractivity contribution in [3.8, 4) is 17.0 Å². The maximum Gasteiger partial charge on any atom is 0.264 e. The molecule has 1 aliphatic rings. The number of aromatic nitrogens is 4. The maximum atomic E-state index is 14.2. The molecule has 1 aliphatic heterocycles. The first-order valence-electron chi connectivity index (χ1n) is 12.4. The number of anilines is 1. The number of hydrogen-bond acceptors (Lipinski definition) is 9. The molecule has 16 heteroatoms. The van der Waals surface area contributed by atoms with E-state index in [1.165, 1.54) is 29.9 Å². The number of piperazine rings is 1. The fraction of sp³-hybridized carbons (Fsp3) is 0.320. The van der Waals surface area contributed by atoms with E-state index in [9.17, 15) is 25.6 Å². The summed E-state index contributed by atoms with van der Waals surface area (Å²) < 4.78 is 87.8. The lowest BCUT2D eigenvalue weighted by Gasteiger charge is -2.33. The normalized spacial score (nSPS) is 15.3. The molecular weight excluding hydrogens is 580 g/mol. The molecule has 5 rings (SSSR count). The molecule has 12 nitrogen and oxygen atoms in total. The number of hydrogen-bond donors (Lipinski definition) is 1. The van der Waals surface area contributed by atoms with Gasteiger partial charge in [-0.3, -0.25) is 14.3 Å². The van der Waals surface area contributed by atoms with Gasteiger partial charge in [-0.2, -0.15) is 9.40 Å². The highest BCUT2D eigenvalue weighted by Crippen LogP contribution is 2.32. The van der Waals surface area contributed by atoms with Gasteiger partial charge in [0.1, 0.15) is 22.2 Å². The molecule has 4 heterocycles. The molecule has 4 aromatic rings. The molecule has 0 saturated carbocycles. The summed E-state index contributed by atoms with van der Waals surface area (Å²) in [6.07, 6.45) is 4.26. The largest absolute Gasteiger partial charge is 0.480 e. The summed E-state index contributed by atoms with van der Waals surface area (Å²) in [5, 5.41) is 5.26. The molecule has 0 aliphatic carbocycles. The van der Waals surface area contributed by atoms with E-state index >= 15 is 0 Å². The number of nitrogens with zero attached hydrogens (tertiary/aromatic N) is 6. The molecule has 0 atom stereocenters. The van der Waals surface area contributed by atoms with Crippen LogP contribution in [-0.2, 0) is 33.6 Å². The minimum atomic E-state index is -4.45. The molecule has 1 fully saturated rings. The Kier molecular flexibility index (Phi) is 7.67. The van der Waals surface area contributed by atoms with Crippen LogP contribution < -0.4 is 9.46 Å². The smallest absolute Gasteiger partial charge is 0.264 e. The van der Waals surface area contributed by atoms with E-state index in [1.807, 2.05) is 6.07 Å². The molecule has 1 N–H and O–H groups in total. The lowest BCUT2D eigenvalue weighted by Crippen LogP contribution is -2.48.